The van der Waals surface area contributed by atoms with Crippen molar-refractivity contribution in [1.82, 2.24) is 10.2 Å². The van der Waals surface area contributed by atoms with E-state index in [0.29, 0.717) is 6.10 Å². The molecule has 7 heteroatoms. The molecule has 0 aromatic rings. The number of nitrogens with zero attached hydrogens (tertiary/aromatic N) is 2. The van der Waals surface area contributed by atoms with E-state index in [1.165, 1.54) is 12.8 Å². The van der Waals surface area contributed by atoms with Gasteiger partial charge in [0.15, 0.2) is 5.96 Å². The van der Waals surface area contributed by atoms with Gasteiger partial charge in [-0.15, -0.1) is 24.0 Å². The maximum atomic E-state index is 5.90. The van der Waals surface area contributed by atoms with Crippen molar-refractivity contribution < 1.29 is 14.2 Å². The molecule has 0 spiro atoms. The Morgan fingerprint density at radius 2 is 1.87 bits per heavy atom. The van der Waals surface area contributed by atoms with Crippen LogP contribution in [0.25, 0.3) is 0 Å². The first-order valence-corrected chi connectivity index (χ1v) is 8.67. The van der Waals surface area contributed by atoms with E-state index in [2.05, 4.69) is 15.2 Å². The Labute approximate surface area is 156 Å². The zero-order chi connectivity index (χ0) is 15.2. The molecule has 0 radical (unpaired) electrons. The summed E-state index contributed by atoms with van der Waals surface area (Å²) in [5.74, 6) is 0.976. The lowest BCUT2D eigenvalue weighted by Crippen LogP contribution is -2.53. The maximum Gasteiger partial charge on any atom is 0.193 e. The lowest BCUT2D eigenvalue weighted by Gasteiger charge is -2.37. The first kappa shape index (κ1) is 19.2. The van der Waals surface area contributed by atoms with Crippen LogP contribution in [0.4, 0.5) is 0 Å². The van der Waals surface area contributed by atoms with Crippen LogP contribution in [0.2, 0.25) is 0 Å². The number of hydrogen-bond donors (Lipinski definition) is 1. The first-order valence-electron chi connectivity index (χ1n) is 8.67. The van der Waals surface area contributed by atoms with Crippen LogP contribution in [0.1, 0.15) is 32.1 Å². The molecule has 3 rings (SSSR count). The number of ether oxygens (including phenoxy) is 3. The van der Waals surface area contributed by atoms with Gasteiger partial charge in [-0.3, -0.25) is 4.99 Å². The molecule has 0 aromatic carbocycles. The highest BCUT2D eigenvalue weighted by molar-refractivity contribution is 14.0. The molecule has 3 aliphatic heterocycles. The predicted octanol–water partition coefficient (Wildman–Crippen LogP) is 1.63. The molecule has 1 N–H and O–H groups in total. The van der Waals surface area contributed by atoms with E-state index in [1.807, 2.05) is 7.05 Å². The van der Waals surface area contributed by atoms with Gasteiger partial charge in [-0.25, -0.2) is 0 Å². The summed E-state index contributed by atoms with van der Waals surface area (Å²) in [7, 11) is 1.85. The van der Waals surface area contributed by atoms with Gasteiger partial charge in [-0.05, 0) is 32.1 Å². The second-order valence-electron chi connectivity index (χ2n) is 6.30. The molecule has 134 valence electrons. The highest BCUT2D eigenvalue weighted by Crippen LogP contribution is 2.21. The summed E-state index contributed by atoms with van der Waals surface area (Å²) in [5.41, 5.74) is 0. The monoisotopic (exact) mass is 439 g/mol. The zero-order valence-electron chi connectivity index (χ0n) is 14.0. The van der Waals surface area contributed by atoms with Crippen LogP contribution >= 0.6 is 24.0 Å². The van der Waals surface area contributed by atoms with Crippen LogP contribution in [-0.2, 0) is 14.2 Å². The fourth-order valence-corrected chi connectivity index (χ4v) is 3.54. The smallest absolute Gasteiger partial charge is 0.193 e. The molecule has 3 saturated heterocycles. The van der Waals surface area contributed by atoms with E-state index in [9.17, 15) is 0 Å². The lowest BCUT2D eigenvalue weighted by molar-refractivity contribution is -0.0817. The number of aliphatic imine (C=N–C) groups is 1. The minimum Gasteiger partial charge on any atom is -0.378 e. The van der Waals surface area contributed by atoms with Crippen molar-refractivity contribution in [3.05, 3.63) is 0 Å². The average molecular weight is 439 g/mol. The van der Waals surface area contributed by atoms with Gasteiger partial charge in [-0.1, -0.05) is 0 Å². The minimum atomic E-state index is 0. The summed E-state index contributed by atoms with van der Waals surface area (Å²) in [4.78, 5) is 6.73. The summed E-state index contributed by atoms with van der Waals surface area (Å²) >= 11 is 0. The van der Waals surface area contributed by atoms with Gasteiger partial charge in [0.25, 0.3) is 0 Å². The highest BCUT2D eigenvalue weighted by atomic mass is 127. The molecule has 3 aliphatic rings. The second kappa shape index (κ2) is 10.0. The topological polar surface area (TPSA) is 55.3 Å². The molecule has 6 nitrogen and oxygen atoms in total. The van der Waals surface area contributed by atoms with Crippen LogP contribution in [0, 0.1) is 0 Å². The number of halogens is 1. The van der Waals surface area contributed by atoms with Gasteiger partial charge in [0.2, 0.25) is 0 Å². The van der Waals surface area contributed by atoms with Crippen molar-refractivity contribution in [1.29, 1.82) is 0 Å². The van der Waals surface area contributed by atoms with E-state index in [0.717, 1.165) is 64.7 Å². The number of nitrogens with one attached hydrogen (secondary N) is 1. The van der Waals surface area contributed by atoms with E-state index in [1.54, 1.807) is 0 Å². The summed E-state index contributed by atoms with van der Waals surface area (Å²) < 4.78 is 17.3. The molecule has 0 aliphatic carbocycles. The molecule has 3 heterocycles. The van der Waals surface area contributed by atoms with E-state index >= 15 is 0 Å². The normalized spacial score (nSPS) is 32.0. The van der Waals surface area contributed by atoms with Crippen LogP contribution in [0.5, 0.6) is 0 Å². The Morgan fingerprint density at radius 3 is 2.57 bits per heavy atom. The summed E-state index contributed by atoms with van der Waals surface area (Å²) in [6.45, 7) is 5.22. The summed E-state index contributed by atoms with van der Waals surface area (Å²) in [6, 6.07) is 0. The molecule has 3 unspecified atom stereocenters. The molecular formula is C16H30IN3O3. The molecule has 3 fully saturated rings. The van der Waals surface area contributed by atoms with E-state index < -0.39 is 0 Å². The third-order valence-corrected chi connectivity index (χ3v) is 4.76. The Kier molecular flexibility index (Phi) is 8.35. The molecule has 0 bridgehead atoms. The van der Waals surface area contributed by atoms with Crippen molar-refractivity contribution in [3.8, 4) is 0 Å². The van der Waals surface area contributed by atoms with Crippen molar-refractivity contribution in [3.63, 3.8) is 0 Å². The van der Waals surface area contributed by atoms with Gasteiger partial charge in [-0.2, -0.15) is 0 Å². The highest BCUT2D eigenvalue weighted by Gasteiger charge is 2.32. The summed E-state index contributed by atoms with van der Waals surface area (Å²) in [6.07, 6.45) is 6.57. The first-order chi connectivity index (χ1) is 10.9. The largest absolute Gasteiger partial charge is 0.378 e. The quantitative estimate of drug-likeness (QED) is 0.410. The molecule has 23 heavy (non-hydrogen) atoms. The fraction of sp³-hybridized carbons (Fsp3) is 0.938. The van der Waals surface area contributed by atoms with E-state index in [4.69, 9.17) is 14.2 Å². The standard InChI is InChI=1S/C16H29N3O3.HI/c1-17-16(18-7-6-13-4-2-9-20-13)19-8-11-22-15(12-19)14-5-3-10-21-14;/h13-15H,2-12H2,1H3,(H,17,18);1H. The third kappa shape index (κ3) is 5.44. The van der Waals surface area contributed by atoms with Crippen LogP contribution in [0.15, 0.2) is 4.99 Å². The van der Waals surface area contributed by atoms with Crippen LogP contribution in [0.3, 0.4) is 0 Å². The van der Waals surface area contributed by atoms with Crippen molar-refractivity contribution in [2.45, 2.75) is 50.4 Å². The number of rotatable bonds is 4. The fourth-order valence-electron chi connectivity index (χ4n) is 3.54. The Morgan fingerprint density at radius 1 is 1.09 bits per heavy atom. The van der Waals surface area contributed by atoms with Crippen molar-refractivity contribution in [2.24, 2.45) is 4.99 Å². The average Bonchev–Trinajstić information content (AvgIpc) is 3.25. The van der Waals surface area contributed by atoms with Gasteiger partial charge >= 0.3 is 0 Å². The number of guanidine groups is 1. The number of morpholine rings is 1. The molecular weight excluding hydrogens is 409 g/mol. The van der Waals surface area contributed by atoms with Crippen LogP contribution in [-0.4, -0.2) is 75.7 Å². The SMILES string of the molecule is CN=C(NCCC1CCCO1)N1CCOC(C2CCCO2)C1.I. The Balaban J connectivity index is 0.00000192. The third-order valence-electron chi connectivity index (χ3n) is 4.76. The molecule has 0 saturated carbocycles. The minimum absolute atomic E-state index is 0. The molecule has 3 atom stereocenters. The molecule has 0 amide bonds. The zero-order valence-corrected chi connectivity index (χ0v) is 16.4. The van der Waals surface area contributed by atoms with Crippen molar-refractivity contribution in [2.75, 3.05) is 46.5 Å². The number of hydrogen-bond acceptors (Lipinski definition) is 4. The van der Waals surface area contributed by atoms with Crippen molar-refractivity contribution >= 4 is 29.9 Å². The van der Waals surface area contributed by atoms with Gasteiger partial charge in [0.1, 0.15) is 6.10 Å². The predicted molar refractivity (Wildman–Crippen MR) is 101 cm³/mol. The van der Waals surface area contributed by atoms with Gasteiger partial charge in [0.05, 0.1) is 18.8 Å². The lowest BCUT2D eigenvalue weighted by atomic mass is 10.1. The maximum absolute atomic E-state index is 5.90. The Hall–Kier alpha value is -0.120. The second-order valence-corrected chi connectivity index (χ2v) is 6.30. The molecule has 0 aromatic heterocycles. The van der Waals surface area contributed by atoms with Crippen LogP contribution < -0.4 is 5.32 Å². The van der Waals surface area contributed by atoms with Gasteiger partial charge in [0, 0.05) is 39.9 Å². The Bertz CT molecular complexity index is 372. The summed E-state index contributed by atoms with van der Waals surface area (Å²) in [5, 5.41) is 3.48. The van der Waals surface area contributed by atoms with Gasteiger partial charge < -0.3 is 24.4 Å². The van der Waals surface area contributed by atoms with E-state index in [-0.39, 0.29) is 36.2 Å².